The maximum atomic E-state index is 14.4. The van der Waals surface area contributed by atoms with Crippen LogP contribution in [0.4, 0.5) is 13.2 Å². The van der Waals surface area contributed by atoms with Gasteiger partial charge in [0.05, 0.1) is 0 Å². The number of halogens is 3. The maximum absolute atomic E-state index is 14.4. The molecule has 3 aromatic rings. The van der Waals surface area contributed by atoms with Gasteiger partial charge in [0.2, 0.25) is 0 Å². The topological polar surface area (TPSA) is 9.23 Å². The van der Waals surface area contributed by atoms with Crippen molar-refractivity contribution >= 4 is 0 Å². The second-order valence-electron chi connectivity index (χ2n) is 6.61. The third kappa shape index (κ3) is 4.45. The van der Waals surface area contributed by atoms with Crippen LogP contribution in [0, 0.1) is 24.4 Å². The van der Waals surface area contributed by atoms with E-state index in [2.05, 4.69) is 6.58 Å². The summed E-state index contributed by atoms with van der Waals surface area (Å²) in [4.78, 5) is 0. The van der Waals surface area contributed by atoms with Gasteiger partial charge in [-0.3, -0.25) is 0 Å². The standard InChI is InChI=1S/C24H21F3O/c1-3-14-28-20-12-13-21(22(25)15-20)18-9-5-17(6-10-18)7-11-19-8-4-16(2)23(26)24(19)27/h3-6,8-10,12-13,15H,1,7,11,14H2,2H3. The molecule has 0 heterocycles. The predicted octanol–water partition coefficient (Wildman–Crippen LogP) is 6.43. The fourth-order valence-corrected chi connectivity index (χ4v) is 2.98. The van der Waals surface area contributed by atoms with Crippen LogP contribution in [0.15, 0.2) is 67.3 Å². The molecule has 0 saturated heterocycles. The van der Waals surface area contributed by atoms with Crippen LogP contribution in [0.1, 0.15) is 16.7 Å². The van der Waals surface area contributed by atoms with Crippen LogP contribution in [0.3, 0.4) is 0 Å². The van der Waals surface area contributed by atoms with Gasteiger partial charge in [0.25, 0.3) is 0 Å². The Hall–Kier alpha value is -3.01. The van der Waals surface area contributed by atoms with E-state index in [1.807, 2.05) is 24.3 Å². The van der Waals surface area contributed by atoms with Gasteiger partial charge in [-0.2, -0.15) is 0 Å². The molecule has 28 heavy (non-hydrogen) atoms. The summed E-state index contributed by atoms with van der Waals surface area (Å²) in [7, 11) is 0. The highest BCUT2D eigenvalue weighted by atomic mass is 19.2. The quantitative estimate of drug-likeness (QED) is 0.428. The highest BCUT2D eigenvalue weighted by molar-refractivity contribution is 5.65. The first-order valence-corrected chi connectivity index (χ1v) is 9.05. The Morgan fingerprint density at radius 3 is 2.32 bits per heavy atom. The van der Waals surface area contributed by atoms with Gasteiger partial charge in [-0.25, -0.2) is 13.2 Å². The average Bonchev–Trinajstić information content (AvgIpc) is 2.70. The predicted molar refractivity (Wildman–Crippen MR) is 106 cm³/mol. The Bertz CT molecular complexity index is 978. The smallest absolute Gasteiger partial charge is 0.162 e. The minimum Gasteiger partial charge on any atom is -0.489 e. The van der Waals surface area contributed by atoms with Crippen LogP contribution in [0.5, 0.6) is 5.75 Å². The number of ether oxygens (including phenoxy) is 1. The van der Waals surface area contributed by atoms with E-state index in [9.17, 15) is 13.2 Å². The summed E-state index contributed by atoms with van der Waals surface area (Å²) in [5.41, 5.74) is 2.84. The molecule has 0 aromatic heterocycles. The van der Waals surface area contributed by atoms with Crippen molar-refractivity contribution in [2.24, 2.45) is 0 Å². The molecule has 4 heteroatoms. The van der Waals surface area contributed by atoms with E-state index in [1.54, 1.807) is 30.3 Å². The number of benzene rings is 3. The fraction of sp³-hybridized carbons (Fsp3) is 0.167. The van der Waals surface area contributed by atoms with Crippen LogP contribution in [-0.4, -0.2) is 6.61 Å². The second kappa shape index (κ2) is 8.79. The lowest BCUT2D eigenvalue weighted by Gasteiger charge is -2.09. The van der Waals surface area contributed by atoms with Gasteiger partial charge >= 0.3 is 0 Å². The molecule has 0 radical (unpaired) electrons. The third-order valence-corrected chi connectivity index (χ3v) is 4.61. The van der Waals surface area contributed by atoms with E-state index in [0.717, 1.165) is 11.1 Å². The normalized spacial score (nSPS) is 10.7. The molecule has 0 aliphatic rings. The van der Waals surface area contributed by atoms with Gasteiger partial charge in [0.1, 0.15) is 18.2 Å². The molecule has 0 aliphatic carbocycles. The van der Waals surface area contributed by atoms with Crippen LogP contribution in [-0.2, 0) is 12.8 Å². The molecule has 1 nitrogen and oxygen atoms in total. The molecule has 3 aromatic carbocycles. The summed E-state index contributed by atoms with van der Waals surface area (Å²) in [5, 5.41) is 0. The molecule has 0 fully saturated rings. The molecule has 0 saturated carbocycles. The Balaban J connectivity index is 1.70. The summed E-state index contributed by atoms with van der Waals surface area (Å²) >= 11 is 0. The zero-order valence-corrected chi connectivity index (χ0v) is 15.6. The van der Waals surface area contributed by atoms with Gasteiger partial charge in [0.15, 0.2) is 11.6 Å². The molecule has 0 spiro atoms. The van der Waals surface area contributed by atoms with Crippen molar-refractivity contribution in [2.45, 2.75) is 19.8 Å². The molecule has 0 aliphatic heterocycles. The van der Waals surface area contributed by atoms with Crippen molar-refractivity contribution in [3.63, 3.8) is 0 Å². The number of rotatable bonds is 7. The first kappa shape index (κ1) is 19.7. The molecule has 0 N–H and O–H groups in total. The zero-order valence-electron chi connectivity index (χ0n) is 15.6. The summed E-state index contributed by atoms with van der Waals surface area (Å²) in [6, 6.07) is 15.3. The largest absolute Gasteiger partial charge is 0.489 e. The molecular formula is C24H21F3O. The molecule has 144 valence electrons. The van der Waals surface area contributed by atoms with Crippen LogP contribution < -0.4 is 4.74 Å². The molecule has 3 rings (SSSR count). The molecule has 0 atom stereocenters. The third-order valence-electron chi connectivity index (χ3n) is 4.61. The van der Waals surface area contributed by atoms with Crippen molar-refractivity contribution in [1.29, 1.82) is 0 Å². The molecule has 0 unspecified atom stereocenters. The molecule has 0 bridgehead atoms. The Kier molecular flexibility index (Phi) is 6.19. The van der Waals surface area contributed by atoms with Gasteiger partial charge in [-0.15, -0.1) is 0 Å². The first-order chi connectivity index (χ1) is 13.5. The van der Waals surface area contributed by atoms with E-state index in [0.29, 0.717) is 41.9 Å². The van der Waals surface area contributed by atoms with Crippen LogP contribution in [0.25, 0.3) is 11.1 Å². The summed E-state index contributed by atoms with van der Waals surface area (Å²) < 4.78 is 47.3. The lowest BCUT2D eigenvalue weighted by molar-refractivity contribution is 0.361. The van der Waals surface area contributed by atoms with E-state index in [4.69, 9.17) is 4.74 Å². The number of hydrogen-bond acceptors (Lipinski definition) is 1. The highest BCUT2D eigenvalue weighted by Crippen LogP contribution is 2.27. The lowest BCUT2D eigenvalue weighted by Crippen LogP contribution is -1.99. The maximum Gasteiger partial charge on any atom is 0.162 e. The van der Waals surface area contributed by atoms with E-state index >= 15 is 0 Å². The van der Waals surface area contributed by atoms with E-state index < -0.39 is 11.6 Å². The van der Waals surface area contributed by atoms with Gasteiger partial charge in [0, 0.05) is 11.6 Å². The zero-order chi connectivity index (χ0) is 20.1. The highest BCUT2D eigenvalue weighted by Gasteiger charge is 2.11. The van der Waals surface area contributed by atoms with E-state index in [1.165, 1.54) is 13.0 Å². The van der Waals surface area contributed by atoms with Crippen molar-refractivity contribution in [2.75, 3.05) is 6.61 Å². The van der Waals surface area contributed by atoms with Crippen LogP contribution >= 0.6 is 0 Å². The summed E-state index contributed by atoms with van der Waals surface area (Å²) in [6.07, 6.45) is 2.56. The van der Waals surface area contributed by atoms with Gasteiger partial charge in [-0.1, -0.05) is 49.1 Å². The summed E-state index contributed by atoms with van der Waals surface area (Å²) in [6.45, 7) is 5.42. The van der Waals surface area contributed by atoms with Gasteiger partial charge in [-0.05, 0) is 54.2 Å². The lowest BCUT2D eigenvalue weighted by atomic mass is 9.99. The Morgan fingerprint density at radius 1 is 0.893 bits per heavy atom. The van der Waals surface area contributed by atoms with Crippen molar-refractivity contribution in [3.8, 4) is 16.9 Å². The number of hydrogen-bond donors (Lipinski definition) is 0. The van der Waals surface area contributed by atoms with Crippen molar-refractivity contribution < 1.29 is 17.9 Å². The van der Waals surface area contributed by atoms with E-state index in [-0.39, 0.29) is 5.82 Å². The Labute approximate surface area is 163 Å². The number of aryl methyl sites for hydroxylation is 3. The van der Waals surface area contributed by atoms with Crippen molar-refractivity contribution in [1.82, 2.24) is 0 Å². The first-order valence-electron chi connectivity index (χ1n) is 9.05. The monoisotopic (exact) mass is 382 g/mol. The second-order valence-corrected chi connectivity index (χ2v) is 6.61. The van der Waals surface area contributed by atoms with Crippen molar-refractivity contribution in [3.05, 3.63) is 101 Å². The minimum atomic E-state index is -0.788. The Morgan fingerprint density at radius 2 is 1.64 bits per heavy atom. The fourth-order valence-electron chi connectivity index (χ4n) is 2.98. The molecular weight excluding hydrogens is 361 g/mol. The minimum absolute atomic E-state index is 0.300. The summed E-state index contributed by atoms with van der Waals surface area (Å²) in [5.74, 6) is -1.49. The molecule has 0 amide bonds. The van der Waals surface area contributed by atoms with Crippen LogP contribution in [0.2, 0.25) is 0 Å². The SMILES string of the molecule is C=CCOc1ccc(-c2ccc(CCc3ccc(C)c(F)c3F)cc2)c(F)c1. The van der Waals surface area contributed by atoms with Gasteiger partial charge < -0.3 is 4.74 Å². The average molecular weight is 382 g/mol.